The number of hydrogen-bond donors (Lipinski definition) is 2. The SMILES string of the molecule is CCOc1ccc(C(=O)NC(=S)N2CCNC(=O)C2CC(=O)OCCOc2ccccc2)cc1. The second-order valence-corrected chi connectivity index (χ2v) is 7.69. The van der Waals surface area contributed by atoms with E-state index in [0.717, 1.165) is 0 Å². The highest BCUT2D eigenvalue weighted by molar-refractivity contribution is 7.80. The molecule has 0 aliphatic carbocycles. The van der Waals surface area contributed by atoms with Crippen LogP contribution >= 0.6 is 12.2 Å². The highest BCUT2D eigenvalue weighted by atomic mass is 32.1. The van der Waals surface area contributed by atoms with Gasteiger partial charge in [-0.15, -0.1) is 0 Å². The van der Waals surface area contributed by atoms with Crippen molar-refractivity contribution in [3.8, 4) is 11.5 Å². The van der Waals surface area contributed by atoms with E-state index in [2.05, 4.69) is 10.6 Å². The lowest BCUT2D eigenvalue weighted by atomic mass is 10.1. The number of para-hydroxylation sites is 1. The second kappa shape index (κ2) is 12.5. The van der Waals surface area contributed by atoms with E-state index in [1.54, 1.807) is 36.4 Å². The molecule has 3 rings (SSSR count). The van der Waals surface area contributed by atoms with Gasteiger partial charge in [0.05, 0.1) is 13.0 Å². The van der Waals surface area contributed by atoms with Gasteiger partial charge >= 0.3 is 5.97 Å². The number of nitrogens with zero attached hydrogens (tertiary/aromatic N) is 1. The zero-order valence-corrected chi connectivity index (χ0v) is 19.6. The van der Waals surface area contributed by atoms with E-state index < -0.39 is 17.9 Å². The van der Waals surface area contributed by atoms with Gasteiger partial charge < -0.3 is 24.4 Å². The molecule has 1 aliphatic heterocycles. The fraction of sp³-hybridized carbons (Fsp3) is 0.333. The Hall–Kier alpha value is -3.66. The number of hydrogen-bond acceptors (Lipinski definition) is 7. The predicted molar refractivity (Wildman–Crippen MR) is 129 cm³/mol. The van der Waals surface area contributed by atoms with E-state index in [4.69, 9.17) is 26.4 Å². The van der Waals surface area contributed by atoms with Crippen molar-refractivity contribution in [2.75, 3.05) is 32.9 Å². The van der Waals surface area contributed by atoms with Gasteiger partial charge in [0.1, 0.15) is 30.8 Å². The van der Waals surface area contributed by atoms with Crippen LogP contribution in [0.25, 0.3) is 0 Å². The summed E-state index contributed by atoms with van der Waals surface area (Å²) in [6.07, 6.45) is -0.212. The van der Waals surface area contributed by atoms with Crippen molar-refractivity contribution < 1.29 is 28.6 Å². The zero-order chi connectivity index (χ0) is 24.3. The predicted octanol–water partition coefficient (Wildman–Crippen LogP) is 1.91. The first kappa shape index (κ1) is 25.0. The van der Waals surface area contributed by atoms with E-state index in [0.29, 0.717) is 36.8 Å². The number of nitrogens with one attached hydrogen (secondary N) is 2. The first-order valence-corrected chi connectivity index (χ1v) is 11.3. The molecule has 34 heavy (non-hydrogen) atoms. The van der Waals surface area contributed by atoms with Crippen molar-refractivity contribution >= 4 is 35.1 Å². The topological polar surface area (TPSA) is 106 Å². The van der Waals surface area contributed by atoms with E-state index in [1.165, 1.54) is 4.90 Å². The van der Waals surface area contributed by atoms with Gasteiger partial charge in [-0.05, 0) is 55.5 Å². The number of carbonyl (C=O) groups is 3. The molecular weight excluding hydrogens is 458 g/mol. The van der Waals surface area contributed by atoms with Crippen molar-refractivity contribution in [2.45, 2.75) is 19.4 Å². The highest BCUT2D eigenvalue weighted by Crippen LogP contribution is 2.14. The molecule has 2 aromatic carbocycles. The Morgan fingerprint density at radius 2 is 1.76 bits per heavy atom. The van der Waals surface area contributed by atoms with Gasteiger partial charge in [0.15, 0.2) is 5.11 Å². The van der Waals surface area contributed by atoms with E-state index in [-0.39, 0.29) is 30.7 Å². The minimum absolute atomic E-state index is 0.0426. The lowest BCUT2D eigenvalue weighted by molar-refractivity contribution is -0.148. The molecule has 1 atom stereocenters. The number of esters is 1. The van der Waals surface area contributed by atoms with Gasteiger partial charge in [0.25, 0.3) is 5.91 Å². The maximum atomic E-state index is 12.6. The Bertz CT molecular complexity index is 1000. The molecule has 180 valence electrons. The van der Waals surface area contributed by atoms with Gasteiger partial charge in [-0.3, -0.25) is 19.7 Å². The molecule has 1 saturated heterocycles. The minimum atomic E-state index is -0.885. The molecular formula is C24H27N3O6S. The third-order valence-electron chi connectivity index (χ3n) is 4.96. The molecule has 1 unspecified atom stereocenters. The summed E-state index contributed by atoms with van der Waals surface area (Å²) in [5.74, 6) is -0.0174. The van der Waals surface area contributed by atoms with Crippen LogP contribution in [0, 0.1) is 0 Å². The number of amides is 2. The number of thiocarbonyl (C=S) groups is 1. The fourth-order valence-corrected chi connectivity index (χ4v) is 3.63. The molecule has 0 spiro atoms. The van der Waals surface area contributed by atoms with Crippen molar-refractivity contribution in [3.63, 3.8) is 0 Å². The molecule has 0 saturated carbocycles. The molecule has 0 aromatic heterocycles. The van der Waals surface area contributed by atoms with Gasteiger partial charge in [-0.1, -0.05) is 18.2 Å². The van der Waals surface area contributed by atoms with E-state index in [9.17, 15) is 14.4 Å². The summed E-state index contributed by atoms with van der Waals surface area (Å²) >= 11 is 5.38. The molecule has 1 heterocycles. The minimum Gasteiger partial charge on any atom is -0.494 e. The monoisotopic (exact) mass is 485 g/mol. The average Bonchev–Trinajstić information content (AvgIpc) is 2.84. The van der Waals surface area contributed by atoms with Gasteiger partial charge in [-0.2, -0.15) is 0 Å². The number of ether oxygens (including phenoxy) is 3. The molecule has 1 fully saturated rings. The third-order valence-corrected chi connectivity index (χ3v) is 5.29. The van der Waals surface area contributed by atoms with Crippen LogP contribution < -0.4 is 20.1 Å². The van der Waals surface area contributed by atoms with Crippen molar-refractivity contribution in [3.05, 3.63) is 60.2 Å². The summed E-state index contributed by atoms with van der Waals surface area (Å²) in [5.41, 5.74) is 0.390. The van der Waals surface area contributed by atoms with Gasteiger partial charge in [0, 0.05) is 18.7 Å². The number of carbonyl (C=O) groups excluding carboxylic acids is 3. The highest BCUT2D eigenvalue weighted by Gasteiger charge is 2.34. The second-order valence-electron chi connectivity index (χ2n) is 7.30. The molecule has 0 radical (unpaired) electrons. The normalized spacial score (nSPS) is 15.1. The molecule has 10 heteroatoms. The Balaban J connectivity index is 1.51. The van der Waals surface area contributed by atoms with Crippen LogP contribution in [0.5, 0.6) is 11.5 Å². The standard InChI is InChI=1S/C24H27N3O6S/c1-2-31-19-10-8-17(9-11-19)22(29)26-24(34)27-13-12-25-23(30)20(27)16-21(28)33-15-14-32-18-6-4-3-5-7-18/h3-11,20H,2,12-16H2,1H3,(H,25,30)(H,26,29,34). The molecule has 0 bridgehead atoms. The van der Waals surface area contributed by atoms with Crippen LogP contribution in [0.4, 0.5) is 0 Å². The van der Waals surface area contributed by atoms with Crippen LogP contribution in [0.1, 0.15) is 23.7 Å². The smallest absolute Gasteiger partial charge is 0.308 e. The summed E-state index contributed by atoms with van der Waals surface area (Å²) in [5, 5.41) is 5.42. The van der Waals surface area contributed by atoms with Crippen molar-refractivity contribution in [1.82, 2.24) is 15.5 Å². The maximum absolute atomic E-state index is 12.6. The van der Waals surface area contributed by atoms with Crippen molar-refractivity contribution in [2.24, 2.45) is 0 Å². The third kappa shape index (κ3) is 7.17. The summed E-state index contributed by atoms with van der Waals surface area (Å²) in [6.45, 7) is 3.32. The Labute approximate surface area is 203 Å². The molecule has 1 aliphatic rings. The Morgan fingerprint density at radius 1 is 1.06 bits per heavy atom. The first-order valence-electron chi connectivity index (χ1n) is 10.9. The number of piperazine rings is 1. The molecule has 2 N–H and O–H groups in total. The van der Waals surface area contributed by atoms with E-state index in [1.807, 2.05) is 25.1 Å². The molecule has 9 nitrogen and oxygen atoms in total. The first-order chi connectivity index (χ1) is 16.5. The van der Waals surface area contributed by atoms with E-state index >= 15 is 0 Å². The summed E-state index contributed by atoms with van der Waals surface area (Å²) < 4.78 is 16.1. The Kier molecular flexibility index (Phi) is 9.21. The van der Waals surface area contributed by atoms with Crippen LogP contribution in [0.15, 0.2) is 54.6 Å². The van der Waals surface area contributed by atoms with Crippen LogP contribution in [0.2, 0.25) is 0 Å². The quantitative estimate of drug-likeness (QED) is 0.315. The van der Waals surface area contributed by atoms with Gasteiger partial charge in [0.2, 0.25) is 5.91 Å². The number of rotatable bonds is 9. The van der Waals surface area contributed by atoms with Crippen molar-refractivity contribution in [1.29, 1.82) is 0 Å². The van der Waals surface area contributed by atoms with Crippen LogP contribution in [0.3, 0.4) is 0 Å². The molecule has 2 aromatic rings. The molecule has 2 amide bonds. The summed E-state index contributed by atoms with van der Waals surface area (Å²) in [4.78, 5) is 38.9. The summed E-state index contributed by atoms with van der Waals surface area (Å²) in [6, 6.07) is 14.9. The number of benzene rings is 2. The Morgan fingerprint density at radius 3 is 2.47 bits per heavy atom. The summed E-state index contributed by atoms with van der Waals surface area (Å²) in [7, 11) is 0. The largest absolute Gasteiger partial charge is 0.494 e. The van der Waals surface area contributed by atoms with Crippen LogP contribution in [-0.2, 0) is 14.3 Å². The zero-order valence-electron chi connectivity index (χ0n) is 18.8. The lowest BCUT2D eigenvalue weighted by Gasteiger charge is -2.36. The maximum Gasteiger partial charge on any atom is 0.308 e. The van der Waals surface area contributed by atoms with Gasteiger partial charge in [-0.25, -0.2) is 0 Å². The van der Waals surface area contributed by atoms with Crippen LogP contribution in [-0.4, -0.2) is 66.7 Å². The fourth-order valence-electron chi connectivity index (χ4n) is 3.32. The lowest BCUT2D eigenvalue weighted by Crippen LogP contribution is -2.60. The average molecular weight is 486 g/mol.